The highest BCUT2D eigenvalue weighted by Crippen LogP contribution is 2.34. The number of ether oxygens (including phenoxy) is 1. The van der Waals surface area contributed by atoms with E-state index in [1.54, 1.807) is 6.26 Å². The molecule has 128 valence electrons. The summed E-state index contributed by atoms with van der Waals surface area (Å²) in [4.78, 5) is 9.48. The number of hydrogen-bond acceptors (Lipinski definition) is 5. The number of rotatable bonds is 4. The quantitative estimate of drug-likeness (QED) is 0.862. The molecular weight excluding hydrogens is 302 g/mol. The highest BCUT2D eigenvalue weighted by atomic mass is 16.5. The van der Waals surface area contributed by atoms with Gasteiger partial charge >= 0.3 is 0 Å². The van der Waals surface area contributed by atoms with Crippen molar-refractivity contribution in [3.05, 3.63) is 54.2 Å². The fourth-order valence-corrected chi connectivity index (χ4v) is 3.97. The van der Waals surface area contributed by atoms with Crippen molar-refractivity contribution in [2.24, 2.45) is 5.41 Å². The second-order valence-electron chi connectivity index (χ2n) is 7.12. The van der Waals surface area contributed by atoms with Gasteiger partial charge in [0.05, 0.1) is 31.7 Å². The molecule has 1 spiro atoms. The molecule has 2 saturated heterocycles. The minimum atomic E-state index is 0.234. The molecule has 0 amide bonds. The predicted octanol–water partition coefficient (Wildman–Crippen LogP) is 2.40. The number of pyridine rings is 1. The van der Waals surface area contributed by atoms with Gasteiger partial charge in [0.25, 0.3) is 0 Å². The molecule has 2 aromatic rings. The van der Waals surface area contributed by atoms with Crippen molar-refractivity contribution in [3.63, 3.8) is 0 Å². The summed E-state index contributed by atoms with van der Waals surface area (Å²) in [7, 11) is 0. The molecule has 2 fully saturated rings. The predicted molar refractivity (Wildman–Crippen MR) is 91.4 cm³/mol. The molecule has 5 nitrogen and oxygen atoms in total. The number of aromatic nitrogens is 1. The van der Waals surface area contributed by atoms with E-state index >= 15 is 0 Å². The molecule has 0 aromatic carbocycles. The second-order valence-corrected chi connectivity index (χ2v) is 7.12. The van der Waals surface area contributed by atoms with Gasteiger partial charge in [-0.15, -0.1) is 0 Å². The largest absolute Gasteiger partial charge is 0.468 e. The Morgan fingerprint density at radius 2 is 1.96 bits per heavy atom. The first-order valence-electron chi connectivity index (χ1n) is 8.76. The van der Waals surface area contributed by atoms with Crippen molar-refractivity contribution in [2.45, 2.75) is 19.5 Å². The summed E-state index contributed by atoms with van der Waals surface area (Å²) in [5, 5.41) is 0. The molecule has 4 heterocycles. The van der Waals surface area contributed by atoms with Gasteiger partial charge in [-0.25, -0.2) is 0 Å². The third kappa shape index (κ3) is 3.69. The van der Waals surface area contributed by atoms with E-state index in [0.717, 1.165) is 63.9 Å². The van der Waals surface area contributed by atoms with Gasteiger partial charge in [0.15, 0.2) is 0 Å². The number of likely N-dealkylation sites (tertiary alicyclic amines) is 1. The molecule has 2 aromatic heterocycles. The van der Waals surface area contributed by atoms with Crippen LogP contribution < -0.4 is 0 Å². The van der Waals surface area contributed by atoms with Gasteiger partial charge < -0.3 is 9.15 Å². The molecule has 0 N–H and O–H groups in total. The number of nitrogens with zero attached hydrogens (tertiary/aromatic N) is 3. The van der Waals surface area contributed by atoms with Crippen molar-refractivity contribution in [3.8, 4) is 0 Å². The molecule has 5 heteroatoms. The smallest absolute Gasteiger partial charge is 0.117 e. The molecule has 24 heavy (non-hydrogen) atoms. The molecule has 2 aliphatic rings. The van der Waals surface area contributed by atoms with Crippen LogP contribution in [0.2, 0.25) is 0 Å². The van der Waals surface area contributed by atoms with E-state index < -0.39 is 0 Å². The summed E-state index contributed by atoms with van der Waals surface area (Å²) >= 11 is 0. The topological polar surface area (TPSA) is 41.7 Å². The monoisotopic (exact) mass is 327 g/mol. The lowest BCUT2D eigenvalue weighted by atomic mass is 9.87. The zero-order valence-corrected chi connectivity index (χ0v) is 14.1. The van der Waals surface area contributed by atoms with Crippen molar-refractivity contribution in [1.82, 2.24) is 14.8 Å². The summed E-state index contributed by atoms with van der Waals surface area (Å²) in [5.74, 6) is 1.05. The van der Waals surface area contributed by atoms with E-state index in [2.05, 4.69) is 33.0 Å². The Morgan fingerprint density at radius 3 is 2.75 bits per heavy atom. The van der Waals surface area contributed by atoms with E-state index in [4.69, 9.17) is 9.15 Å². The Morgan fingerprint density at radius 1 is 1.04 bits per heavy atom. The van der Waals surface area contributed by atoms with Crippen LogP contribution in [0.4, 0.5) is 0 Å². The van der Waals surface area contributed by atoms with Gasteiger partial charge in [-0.05, 0) is 37.2 Å². The third-order valence-electron chi connectivity index (χ3n) is 5.11. The number of hydrogen-bond donors (Lipinski definition) is 0. The van der Waals surface area contributed by atoms with E-state index in [1.165, 1.54) is 6.42 Å². The van der Waals surface area contributed by atoms with Gasteiger partial charge in [-0.3, -0.25) is 14.8 Å². The molecular formula is C19H25N3O2. The van der Waals surface area contributed by atoms with Gasteiger partial charge in [-0.1, -0.05) is 6.07 Å². The standard InChI is InChI=1S/C19H25N3O2/c1-2-7-20-17(4-1)12-22-9-11-23-16-19(15-22)6-8-21(14-19)13-18-5-3-10-24-18/h1-5,7,10H,6,8-9,11-16H2/t19-/m1/s1. The zero-order valence-electron chi connectivity index (χ0n) is 14.1. The molecule has 4 rings (SSSR count). The Kier molecular flexibility index (Phi) is 4.65. The van der Waals surface area contributed by atoms with Crippen molar-refractivity contribution in [2.75, 3.05) is 39.4 Å². The Labute approximate surface area is 143 Å². The SMILES string of the molecule is c1ccc(CN2CCOC[C@@]3(CCN(Cc4ccco4)C3)C2)nc1. The first kappa shape index (κ1) is 15.8. The molecule has 0 radical (unpaired) electrons. The van der Waals surface area contributed by atoms with Crippen molar-refractivity contribution >= 4 is 0 Å². The van der Waals surface area contributed by atoms with E-state index in [0.29, 0.717) is 0 Å². The van der Waals surface area contributed by atoms with Crippen LogP contribution in [0.1, 0.15) is 17.9 Å². The minimum absolute atomic E-state index is 0.234. The summed E-state index contributed by atoms with van der Waals surface area (Å²) in [6.45, 7) is 7.73. The minimum Gasteiger partial charge on any atom is -0.468 e. The fraction of sp³-hybridized carbons (Fsp3) is 0.526. The average Bonchev–Trinajstić information content (AvgIpc) is 3.19. The van der Waals surface area contributed by atoms with Crippen LogP contribution in [-0.4, -0.2) is 54.2 Å². The summed E-state index contributed by atoms with van der Waals surface area (Å²) in [6, 6.07) is 10.2. The highest BCUT2D eigenvalue weighted by molar-refractivity contribution is 5.05. The fourth-order valence-electron chi connectivity index (χ4n) is 3.97. The molecule has 0 saturated carbocycles. The summed E-state index contributed by atoms with van der Waals surface area (Å²) in [5.41, 5.74) is 1.37. The molecule has 0 aliphatic carbocycles. The maximum Gasteiger partial charge on any atom is 0.117 e. The summed E-state index contributed by atoms with van der Waals surface area (Å²) < 4.78 is 11.5. The van der Waals surface area contributed by atoms with Gasteiger partial charge in [-0.2, -0.15) is 0 Å². The second kappa shape index (κ2) is 7.05. The van der Waals surface area contributed by atoms with Gasteiger partial charge in [0.1, 0.15) is 5.76 Å². The highest BCUT2D eigenvalue weighted by Gasteiger charge is 2.41. The average molecular weight is 327 g/mol. The van der Waals surface area contributed by atoms with E-state index in [1.807, 2.05) is 18.3 Å². The van der Waals surface area contributed by atoms with Crippen LogP contribution in [0, 0.1) is 5.41 Å². The van der Waals surface area contributed by atoms with Crippen LogP contribution in [0.3, 0.4) is 0 Å². The Balaban J connectivity index is 1.40. The Hall–Kier alpha value is -1.69. The van der Waals surface area contributed by atoms with Crippen molar-refractivity contribution < 1.29 is 9.15 Å². The van der Waals surface area contributed by atoms with E-state index in [9.17, 15) is 0 Å². The van der Waals surface area contributed by atoms with Gasteiger partial charge in [0, 0.05) is 37.8 Å². The van der Waals surface area contributed by atoms with Gasteiger partial charge in [0.2, 0.25) is 0 Å². The van der Waals surface area contributed by atoms with Crippen LogP contribution in [0.15, 0.2) is 47.2 Å². The normalized spacial score (nSPS) is 26.0. The first-order valence-corrected chi connectivity index (χ1v) is 8.76. The molecule has 0 bridgehead atoms. The lowest BCUT2D eigenvalue weighted by Crippen LogP contribution is -2.40. The number of furan rings is 1. The summed E-state index contributed by atoms with van der Waals surface area (Å²) in [6.07, 6.45) is 4.82. The first-order chi connectivity index (χ1) is 11.8. The van der Waals surface area contributed by atoms with Crippen LogP contribution in [-0.2, 0) is 17.8 Å². The molecule has 0 unspecified atom stereocenters. The molecule has 1 atom stereocenters. The van der Waals surface area contributed by atoms with E-state index in [-0.39, 0.29) is 5.41 Å². The molecule has 2 aliphatic heterocycles. The van der Waals surface area contributed by atoms with Crippen molar-refractivity contribution in [1.29, 1.82) is 0 Å². The van der Waals surface area contributed by atoms with Crippen LogP contribution >= 0.6 is 0 Å². The van der Waals surface area contributed by atoms with Crippen LogP contribution in [0.5, 0.6) is 0 Å². The lowest BCUT2D eigenvalue weighted by molar-refractivity contribution is 0.0700. The maximum atomic E-state index is 5.97. The lowest BCUT2D eigenvalue weighted by Gasteiger charge is -2.31. The maximum absolute atomic E-state index is 5.97. The third-order valence-corrected chi connectivity index (χ3v) is 5.11. The zero-order chi connectivity index (χ0) is 16.2. The Bertz CT molecular complexity index is 631. The van der Waals surface area contributed by atoms with Crippen LogP contribution in [0.25, 0.3) is 0 Å².